The Balaban J connectivity index is 1.53. The van der Waals surface area contributed by atoms with Crippen molar-refractivity contribution >= 4 is 28.3 Å². The number of aromatic nitrogens is 3. The summed E-state index contributed by atoms with van der Waals surface area (Å²) < 4.78 is 7.71. The standard InChI is InChI=1S/C22H29N5O2S/c1-4-27-21-18(12-24-27)17(10-19(25-21)20-6-5-9-30-20)22(28)23-11-16-14-26(7-8-29-16)13-15(2)3/h5-6,9-10,12,15-16H,4,7-8,11,13-14H2,1-3H3,(H,23,28). The van der Waals surface area contributed by atoms with Gasteiger partial charge in [0.2, 0.25) is 0 Å². The molecule has 30 heavy (non-hydrogen) atoms. The average Bonchev–Trinajstić information content (AvgIpc) is 3.40. The van der Waals surface area contributed by atoms with Crippen molar-refractivity contribution in [3.8, 4) is 10.6 Å². The first kappa shape index (κ1) is 21.0. The lowest BCUT2D eigenvalue weighted by atomic mass is 10.1. The van der Waals surface area contributed by atoms with Crippen LogP contribution in [0.4, 0.5) is 0 Å². The van der Waals surface area contributed by atoms with E-state index in [4.69, 9.17) is 9.72 Å². The fourth-order valence-electron chi connectivity index (χ4n) is 3.91. The molecule has 1 saturated heterocycles. The second-order valence-corrected chi connectivity index (χ2v) is 9.03. The van der Waals surface area contributed by atoms with Crippen LogP contribution >= 0.6 is 11.3 Å². The zero-order valence-electron chi connectivity index (χ0n) is 17.8. The molecule has 0 radical (unpaired) electrons. The maximum atomic E-state index is 13.1. The second-order valence-electron chi connectivity index (χ2n) is 8.09. The highest BCUT2D eigenvalue weighted by atomic mass is 32.1. The Hall–Kier alpha value is -2.29. The normalized spacial score (nSPS) is 17.7. The van der Waals surface area contributed by atoms with Gasteiger partial charge in [-0.25, -0.2) is 9.67 Å². The molecule has 1 amide bonds. The van der Waals surface area contributed by atoms with Gasteiger partial charge in [0, 0.05) is 32.7 Å². The molecule has 1 aliphatic heterocycles. The molecule has 3 aromatic rings. The van der Waals surface area contributed by atoms with E-state index in [0.717, 1.165) is 41.2 Å². The van der Waals surface area contributed by atoms with Crippen LogP contribution in [0.1, 0.15) is 31.1 Å². The minimum atomic E-state index is -0.111. The summed E-state index contributed by atoms with van der Waals surface area (Å²) >= 11 is 1.61. The number of thiophene rings is 1. The zero-order chi connectivity index (χ0) is 21.1. The van der Waals surface area contributed by atoms with Gasteiger partial charge in [-0.1, -0.05) is 19.9 Å². The van der Waals surface area contributed by atoms with Crippen molar-refractivity contribution in [3.63, 3.8) is 0 Å². The highest BCUT2D eigenvalue weighted by Gasteiger charge is 2.23. The Morgan fingerprint density at radius 3 is 3.03 bits per heavy atom. The number of amides is 1. The first-order valence-electron chi connectivity index (χ1n) is 10.6. The number of fused-ring (bicyclic) bond motifs is 1. The molecule has 1 unspecified atom stereocenters. The average molecular weight is 428 g/mol. The van der Waals surface area contributed by atoms with Crippen LogP contribution in [0.2, 0.25) is 0 Å². The second kappa shape index (κ2) is 9.24. The topological polar surface area (TPSA) is 72.3 Å². The fourth-order valence-corrected chi connectivity index (χ4v) is 4.59. The molecule has 0 spiro atoms. The maximum absolute atomic E-state index is 13.1. The van der Waals surface area contributed by atoms with Crippen LogP contribution in [-0.4, -0.2) is 64.5 Å². The van der Waals surface area contributed by atoms with Crippen molar-refractivity contribution < 1.29 is 9.53 Å². The summed E-state index contributed by atoms with van der Waals surface area (Å²) in [5, 5.41) is 10.3. The molecule has 0 saturated carbocycles. The first-order chi connectivity index (χ1) is 14.5. The van der Waals surface area contributed by atoms with Crippen molar-refractivity contribution in [1.82, 2.24) is 25.0 Å². The number of hydrogen-bond acceptors (Lipinski definition) is 6. The Morgan fingerprint density at radius 2 is 2.30 bits per heavy atom. The number of pyridine rings is 1. The maximum Gasteiger partial charge on any atom is 0.252 e. The van der Waals surface area contributed by atoms with Gasteiger partial charge in [0.1, 0.15) is 0 Å². The summed E-state index contributed by atoms with van der Waals surface area (Å²) in [7, 11) is 0. The molecule has 4 rings (SSSR count). The summed E-state index contributed by atoms with van der Waals surface area (Å²) in [5.74, 6) is 0.509. The molecule has 1 atom stereocenters. The van der Waals surface area contributed by atoms with Crippen molar-refractivity contribution in [2.45, 2.75) is 33.4 Å². The molecule has 7 nitrogen and oxygen atoms in total. The van der Waals surface area contributed by atoms with Gasteiger partial charge in [-0.2, -0.15) is 5.10 Å². The zero-order valence-corrected chi connectivity index (χ0v) is 18.6. The van der Waals surface area contributed by atoms with Gasteiger partial charge in [-0.15, -0.1) is 11.3 Å². The number of aryl methyl sites for hydroxylation is 1. The van der Waals surface area contributed by atoms with Gasteiger partial charge in [-0.3, -0.25) is 9.69 Å². The molecule has 4 heterocycles. The molecule has 3 aromatic heterocycles. The van der Waals surface area contributed by atoms with Gasteiger partial charge in [0.15, 0.2) is 5.65 Å². The molecule has 1 fully saturated rings. The van der Waals surface area contributed by atoms with E-state index < -0.39 is 0 Å². The summed E-state index contributed by atoms with van der Waals surface area (Å²) in [4.78, 5) is 21.4. The molecule has 0 aliphatic carbocycles. The Morgan fingerprint density at radius 1 is 1.43 bits per heavy atom. The highest BCUT2D eigenvalue weighted by Crippen LogP contribution is 2.28. The van der Waals surface area contributed by atoms with E-state index in [1.807, 2.05) is 35.2 Å². The van der Waals surface area contributed by atoms with Crippen LogP contribution in [0.25, 0.3) is 21.6 Å². The molecule has 1 aliphatic rings. The van der Waals surface area contributed by atoms with Crippen molar-refractivity contribution in [2.24, 2.45) is 5.92 Å². The number of nitrogens with zero attached hydrogens (tertiary/aromatic N) is 4. The van der Waals surface area contributed by atoms with Crippen LogP contribution < -0.4 is 5.32 Å². The molecule has 8 heteroatoms. The third kappa shape index (κ3) is 4.55. The monoisotopic (exact) mass is 427 g/mol. The van der Waals surface area contributed by atoms with Crippen molar-refractivity contribution in [2.75, 3.05) is 32.8 Å². The van der Waals surface area contributed by atoms with E-state index >= 15 is 0 Å². The molecule has 0 aromatic carbocycles. The lowest BCUT2D eigenvalue weighted by Gasteiger charge is -2.33. The molecular formula is C22H29N5O2S. The van der Waals surface area contributed by atoms with Crippen LogP contribution in [0, 0.1) is 5.92 Å². The summed E-state index contributed by atoms with van der Waals surface area (Å²) in [6.45, 7) is 11.2. The predicted octanol–water partition coefficient (Wildman–Crippen LogP) is 3.27. The van der Waals surface area contributed by atoms with Gasteiger partial charge in [0.05, 0.1) is 40.4 Å². The lowest BCUT2D eigenvalue weighted by Crippen LogP contribution is -2.48. The number of ether oxygens (including phenoxy) is 1. The van der Waals surface area contributed by atoms with E-state index in [1.54, 1.807) is 17.5 Å². The van der Waals surface area contributed by atoms with Crippen LogP contribution in [0.3, 0.4) is 0 Å². The highest BCUT2D eigenvalue weighted by molar-refractivity contribution is 7.13. The third-order valence-corrected chi connectivity index (χ3v) is 6.16. The minimum Gasteiger partial charge on any atom is -0.374 e. The quantitative estimate of drug-likeness (QED) is 0.627. The molecule has 0 bridgehead atoms. The molecular weight excluding hydrogens is 398 g/mol. The van der Waals surface area contributed by atoms with Gasteiger partial charge >= 0.3 is 0 Å². The molecule has 160 valence electrons. The predicted molar refractivity (Wildman–Crippen MR) is 120 cm³/mol. The van der Waals surface area contributed by atoms with Crippen molar-refractivity contribution in [1.29, 1.82) is 0 Å². The van der Waals surface area contributed by atoms with Crippen LogP contribution in [-0.2, 0) is 11.3 Å². The number of rotatable bonds is 7. The Labute approximate surface area is 181 Å². The van der Waals surface area contributed by atoms with E-state index in [9.17, 15) is 4.79 Å². The Bertz CT molecular complexity index is 999. The smallest absolute Gasteiger partial charge is 0.252 e. The number of nitrogens with one attached hydrogen (secondary N) is 1. The van der Waals surface area contributed by atoms with E-state index in [2.05, 4.69) is 29.2 Å². The summed E-state index contributed by atoms with van der Waals surface area (Å²) in [6, 6.07) is 5.89. The van der Waals surface area contributed by atoms with Gasteiger partial charge < -0.3 is 10.1 Å². The summed E-state index contributed by atoms with van der Waals surface area (Å²) in [5.41, 5.74) is 2.15. The Kier molecular flexibility index (Phi) is 6.46. The van der Waals surface area contributed by atoms with Crippen molar-refractivity contribution in [3.05, 3.63) is 35.3 Å². The number of carbonyl (C=O) groups is 1. The fraction of sp³-hybridized carbons (Fsp3) is 0.500. The minimum absolute atomic E-state index is 0.00825. The van der Waals surface area contributed by atoms with E-state index in [-0.39, 0.29) is 12.0 Å². The van der Waals surface area contributed by atoms with E-state index in [1.165, 1.54) is 0 Å². The van der Waals surface area contributed by atoms with Crippen LogP contribution in [0.5, 0.6) is 0 Å². The first-order valence-corrected chi connectivity index (χ1v) is 11.5. The summed E-state index contributed by atoms with van der Waals surface area (Å²) in [6.07, 6.45) is 1.74. The SMILES string of the molecule is CCn1ncc2c(C(=O)NCC3CN(CC(C)C)CCO3)cc(-c3cccs3)nc21. The largest absolute Gasteiger partial charge is 0.374 e. The van der Waals surface area contributed by atoms with Crippen LogP contribution in [0.15, 0.2) is 29.8 Å². The van der Waals surface area contributed by atoms with Gasteiger partial charge in [0.25, 0.3) is 5.91 Å². The number of morpholine rings is 1. The number of hydrogen-bond donors (Lipinski definition) is 1. The van der Waals surface area contributed by atoms with Gasteiger partial charge in [-0.05, 0) is 30.4 Å². The third-order valence-electron chi connectivity index (χ3n) is 5.26. The lowest BCUT2D eigenvalue weighted by molar-refractivity contribution is -0.0295. The van der Waals surface area contributed by atoms with E-state index in [0.29, 0.717) is 31.2 Å². The number of carbonyl (C=O) groups excluding carboxylic acids is 1. The molecule has 1 N–H and O–H groups in total.